The Morgan fingerprint density at radius 2 is 1.55 bits per heavy atom. The number of nitrogens with one attached hydrogen (secondary N) is 3. The number of imide groups is 2. The molecule has 2 aromatic rings. The van der Waals surface area contributed by atoms with Crippen LogP contribution in [0.15, 0.2) is 66.4 Å². The summed E-state index contributed by atoms with van der Waals surface area (Å²) in [4.78, 5) is 49.8. The number of carbonyl (C=O) groups excluding carboxylic acids is 4. The molecule has 1 atom stereocenters. The average molecular weight is 392 g/mol. The predicted molar refractivity (Wildman–Crippen MR) is 109 cm³/mol. The zero-order valence-electron chi connectivity index (χ0n) is 15.9. The maximum atomic E-state index is 13.0. The highest BCUT2D eigenvalue weighted by Crippen LogP contribution is 2.26. The number of urea groups is 1. The van der Waals surface area contributed by atoms with E-state index in [2.05, 4.69) is 16.0 Å². The molecule has 5 amide bonds. The van der Waals surface area contributed by atoms with Crippen LogP contribution in [0.2, 0.25) is 0 Å². The van der Waals surface area contributed by atoms with E-state index in [1.165, 1.54) is 6.92 Å². The number of amides is 5. The summed E-state index contributed by atoms with van der Waals surface area (Å²) in [6.07, 6.45) is 1.61. The molecule has 2 aromatic carbocycles. The van der Waals surface area contributed by atoms with Crippen molar-refractivity contribution in [2.75, 3.05) is 15.5 Å². The zero-order chi connectivity index (χ0) is 21.0. The Labute approximate surface area is 167 Å². The first-order valence-corrected chi connectivity index (χ1v) is 8.95. The van der Waals surface area contributed by atoms with E-state index in [1.807, 2.05) is 0 Å². The summed E-state index contributed by atoms with van der Waals surface area (Å²) in [5.74, 6) is -2.72. The molecule has 0 unspecified atom stereocenters. The third kappa shape index (κ3) is 4.32. The Hall–Kier alpha value is -3.94. The normalized spacial score (nSPS) is 17.0. The van der Waals surface area contributed by atoms with Crippen molar-refractivity contribution in [1.29, 1.82) is 0 Å². The molecular weight excluding hydrogens is 372 g/mol. The Bertz CT molecular complexity index is 984. The van der Waals surface area contributed by atoms with Gasteiger partial charge in [0.2, 0.25) is 11.8 Å². The molecule has 0 aliphatic carbocycles. The fraction of sp³-hybridized carbons (Fsp3) is 0.143. The van der Waals surface area contributed by atoms with Crippen molar-refractivity contribution >= 4 is 40.8 Å². The summed E-state index contributed by atoms with van der Waals surface area (Å²) in [5, 5.41) is 7.96. The second kappa shape index (κ2) is 8.39. The van der Waals surface area contributed by atoms with E-state index >= 15 is 0 Å². The minimum Gasteiger partial charge on any atom is -0.358 e. The van der Waals surface area contributed by atoms with Crippen LogP contribution in [0.25, 0.3) is 0 Å². The second-order valence-corrected chi connectivity index (χ2v) is 6.36. The van der Waals surface area contributed by atoms with Crippen LogP contribution < -0.4 is 20.9 Å². The molecule has 1 fully saturated rings. The first-order valence-electron chi connectivity index (χ1n) is 8.95. The minimum atomic E-state index is -1.20. The van der Waals surface area contributed by atoms with Crippen LogP contribution in [0.1, 0.15) is 13.8 Å². The lowest BCUT2D eigenvalue weighted by molar-refractivity contribution is -0.132. The van der Waals surface area contributed by atoms with Crippen molar-refractivity contribution in [3.63, 3.8) is 0 Å². The molecule has 3 rings (SSSR count). The number of hydrogen-bond donors (Lipinski definition) is 3. The Kier molecular flexibility index (Phi) is 5.73. The van der Waals surface area contributed by atoms with Gasteiger partial charge in [-0.25, -0.2) is 9.69 Å². The third-order valence-corrected chi connectivity index (χ3v) is 4.29. The average Bonchev–Trinajstić information content (AvgIpc) is 2.68. The summed E-state index contributed by atoms with van der Waals surface area (Å²) in [7, 11) is 0. The van der Waals surface area contributed by atoms with Gasteiger partial charge in [0.05, 0.1) is 5.69 Å². The van der Waals surface area contributed by atoms with Crippen molar-refractivity contribution in [2.24, 2.45) is 5.92 Å². The Morgan fingerprint density at radius 1 is 0.966 bits per heavy atom. The van der Waals surface area contributed by atoms with E-state index in [-0.39, 0.29) is 5.91 Å². The number of allylic oxidation sites excluding steroid dienone is 1. The smallest absolute Gasteiger partial charge is 0.335 e. The fourth-order valence-electron chi connectivity index (χ4n) is 2.99. The van der Waals surface area contributed by atoms with Gasteiger partial charge in [-0.2, -0.15) is 0 Å². The number of anilines is 3. The molecule has 0 aromatic heterocycles. The third-order valence-electron chi connectivity index (χ3n) is 4.29. The molecule has 8 nitrogen and oxygen atoms in total. The van der Waals surface area contributed by atoms with Gasteiger partial charge in [0.15, 0.2) is 5.92 Å². The number of carbonyl (C=O) groups is 4. The summed E-state index contributed by atoms with van der Waals surface area (Å²) in [6.45, 7) is 3.11. The first kappa shape index (κ1) is 19.8. The molecule has 0 spiro atoms. The van der Waals surface area contributed by atoms with Crippen LogP contribution in [0.5, 0.6) is 0 Å². The first-order chi connectivity index (χ1) is 13.9. The zero-order valence-corrected chi connectivity index (χ0v) is 15.9. The van der Waals surface area contributed by atoms with Crippen LogP contribution in [-0.2, 0) is 14.4 Å². The SMILES string of the molecule is C/C=C(/Nc1ccc(NC(C)=O)cc1)[C@@H]1C(=O)NC(=O)N(c2ccccc2)C1=O. The maximum absolute atomic E-state index is 13.0. The molecule has 3 N–H and O–H groups in total. The highest BCUT2D eigenvalue weighted by Gasteiger charge is 2.43. The molecule has 0 bridgehead atoms. The van der Waals surface area contributed by atoms with Gasteiger partial charge >= 0.3 is 6.03 Å². The van der Waals surface area contributed by atoms with E-state index < -0.39 is 23.8 Å². The van der Waals surface area contributed by atoms with Crippen molar-refractivity contribution in [2.45, 2.75) is 13.8 Å². The number of benzene rings is 2. The van der Waals surface area contributed by atoms with E-state index in [4.69, 9.17) is 0 Å². The molecule has 1 heterocycles. The van der Waals surface area contributed by atoms with Gasteiger partial charge in [0.1, 0.15) is 0 Å². The molecule has 1 saturated heterocycles. The highest BCUT2D eigenvalue weighted by molar-refractivity contribution is 6.29. The van der Waals surface area contributed by atoms with Crippen molar-refractivity contribution < 1.29 is 19.2 Å². The van der Waals surface area contributed by atoms with Crippen LogP contribution in [0.4, 0.5) is 21.9 Å². The van der Waals surface area contributed by atoms with E-state index in [0.29, 0.717) is 22.8 Å². The summed E-state index contributed by atoms with van der Waals surface area (Å²) < 4.78 is 0. The predicted octanol–water partition coefficient (Wildman–Crippen LogP) is 2.86. The van der Waals surface area contributed by atoms with Crippen LogP contribution in [0.3, 0.4) is 0 Å². The van der Waals surface area contributed by atoms with Crippen molar-refractivity contribution in [3.8, 4) is 0 Å². The Balaban J connectivity index is 1.84. The summed E-state index contributed by atoms with van der Waals surface area (Å²) >= 11 is 0. The number of nitrogens with zero attached hydrogens (tertiary/aromatic N) is 1. The van der Waals surface area contributed by atoms with Crippen molar-refractivity contribution in [3.05, 3.63) is 66.4 Å². The van der Waals surface area contributed by atoms with Gasteiger partial charge in [-0.3, -0.25) is 19.7 Å². The summed E-state index contributed by atoms with van der Waals surface area (Å²) in [5.41, 5.74) is 1.96. The minimum absolute atomic E-state index is 0.185. The lowest BCUT2D eigenvalue weighted by Crippen LogP contribution is -2.59. The van der Waals surface area contributed by atoms with E-state index in [1.54, 1.807) is 67.6 Å². The standard InChI is InChI=1S/C21H20N4O4/c1-3-17(23-15-11-9-14(10-12-15)22-13(2)26)18-19(27)24-21(29)25(20(18)28)16-7-5-4-6-8-16/h3-12,18,23H,1-2H3,(H,22,26)(H,24,27,29)/b17-3+/t18-/m1/s1. The van der Waals surface area contributed by atoms with Gasteiger partial charge in [-0.1, -0.05) is 24.3 Å². The lowest BCUT2D eigenvalue weighted by atomic mass is 9.99. The van der Waals surface area contributed by atoms with Crippen LogP contribution in [-0.4, -0.2) is 23.8 Å². The quantitative estimate of drug-likeness (QED) is 0.678. The van der Waals surface area contributed by atoms with Gasteiger partial charge < -0.3 is 10.6 Å². The topological polar surface area (TPSA) is 108 Å². The van der Waals surface area contributed by atoms with Crippen LogP contribution >= 0.6 is 0 Å². The molecule has 0 radical (unpaired) electrons. The molecule has 8 heteroatoms. The maximum Gasteiger partial charge on any atom is 0.335 e. The van der Waals surface area contributed by atoms with Gasteiger partial charge in [-0.15, -0.1) is 0 Å². The van der Waals surface area contributed by atoms with Gasteiger partial charge in [-0.05, 0) is 43.3 Å². The molecule has 0 saturated carbocycles. The van der Waals surface area contributed by atoms with Crippen molar-refractivity contribution in [1.82, 2.24) is 5.32 Å². The van der Waals surface area contributed by atoms with E-state index in [0.717, 1.165) is 4.90 Å². The summed E-state index contributed by atoms with van der Waals surface area (Å²) in [6, 6.07) is 14.4. The lowest BCUT2D eigenvalue weighted by Gasteiger charge is -2.31. The Morgan fingerprint density at radius 3 is 2.10 bits per heavy atom. The molecule has 29 heavy (non-hydrogen) atoms. The number of rotatable bonds is 5. The fourth-order valence-corrected chi connectivity index (χ4v) is 2.99. The number of para-hydroxylation sites is 1. The highest BCUT2D eigenvalue weighted by atomic mass is 16.2. The number of hydrogen-bond acceptors (Lipinski definition) is 5. The second-order valence-electron chi connectivity index (χ2n) is 6.36. The molecule has 1 aliphatic heterocycles. The van der Waals surface area contributed by atoms with Gasteiger partial charge in [0, 0.05) is 24.0 Å². The monoisotopic (exact) mass is 392 g/mol. The molecular formula is C21H20N4O4. The van der Waals surface area contributed by atoms with E-state index in [9.17, 15) is 19.2 Å². The van der Waals surface area contributed by atoms with Crippen LogP contribution in [0, 0.1) is 5.92 Å². The van der Waals surface area contributed by atoms with Gasteiger partial charge in [0.25, 0.3) is 5.91 Å². The molecule has 1 aliphatic rings. The largest absolute Gasteiger partial charge is 0.358 e. The number of barbiturate groups is 1. The molecule has 148 valence electrons.